The van der Waals surface area contributed by atoms with Crippen molar-refractivity contribution in [1.29, 1.82) is 0 Å². The van der Waals surface area contributed by atoms with E-state index in [1.807, 2.05) is 0 Å². The molecule has 2 aromatic carbocycles. The van der Waals surface area contributed by atoms with Gasteiger partial charge in [-0.3, -0.25) is 0 Å². The van der Waals surface area contributed by atoms with Gasteiger partial charge in [-0.05, 0) is 35.4 Å². The monoisotopic (exact) mass is 382 g/mol. The van der Waals surface area contributed by atoms with Crippen LogP contribution in [0.5, 0.6) is 0 Å². The normalized spacial score (nSPS) is 10.9. The molecule has 144 valence electrons. The fourth-order valence-electron chi connectivity index (χ4n) is 1.99. The van der Waals surface area contributed by atoms with E-state index < -0.39 is 11.9 Å². The van der Waals surface area contributed by atoms with Gasteiger partial charge < -0.3 is 9.47 Å². The number of rotatable bonds is 9. The summed E-state index contributed by atoms with van der Waals surface area (Å²) >= 11 is 0. The van der Waals surface area contributed by atoms with Gasteiger partial charge in [0.2, 0.25) is 0 Å². The van der Waals surface area contributed by atoms with Crippen molar-refractivity contribution in [3.63, 3.8) is 0 Å². The lowest BCUT2D eigenvalue weighted by molar-refractivity contribution is -0.137. The minimum absolute atomic E-state index is 0.143. The summed E-state index contributed by atoms with van der Waals surface area (Å²) in [5.74, 6) is -1.28. The summed E-state index contributed by atoms with van der Waals surface area (Å²) in [5.41, 5.74) is 1.88. The molecule has 0 amide bonds. The van der Waals surface area contributed by atoms with Gasteiger partial charge in [0.25, 0.3) is 0 Å². The zero-order valence-electron chi connectivity index (χ0n) is 15.1. The van der Waals surface area contributed by atoms with Crippen LogP contribution in [0.25, 0.3) is 0 Å². The topological polar surface area (TPSA) is 77.3 Å². The van der Waals surface area contributed by atoms with Crippen molar-refractivity contribution in [2.24, 2.45) is 10.2 Å². The maximum atomic E-state index is 12.8. The van der Waals surface area contributed by atoms with Gasteiger partial charge in [0.05, 0.1) is 31.2 Å². The fourth-order valence-corrected chi connectivity index (χ4v) is 1.99. The first kappa shape index (κ1) is 20.7. The Labute approximate surface area is 162 Å². The molecule has 0 spiro atoms. The highest BCUT2D eigenvalue weighted by atomic mass is 19.1. The Kier molecular flexibility index (Phi) is 8.26. The Hall–Kier alpha value is -3.61. The number of benzene rings is 2. The molecule has 0 aromatic heterocycles. The Morgan fingerprint density at radius 3 is 2.00 bits per heavy atom. The molecule has 0 aliphatic heterocycles. The highest BCUT2D eigenvalue weighted by Crippen LogP contribution is 2.05. The van der Waals surface area contributed by atoms with E-state index in [1.165, 1.54) is 24.6 Å². The SMILES string of the molecule is C=CC(=O)OCCCOC(=O)c1ccc(/C=N/N=C/c2ccc(F)cc2)cc1. The van der Waals surface area contributed by atoms with Crippen molar-refractivity contribution >= 4 is 24.4 Å². The van der Waals surface area contributed by atoms with Gasteiger partial charge >= 0.3 is 11.9 Å². The van der Waals surface area contributed by atoms with E-state index in [0.29, 0.717) is 12.0 Å². The number of carbonyl (C=O) groups excluding carboxylic acids is 2. The quantitative estimate of drug-likeness (QED) is 0.218. The Bertz CT molecular complexity index is 859. The molecule has 0 fully saturated rings. The summed E-state index contributed by atoms with van der Waals surface area (Å²) < 4.78 is 22.7. The summed E-state index contributed by atoms with van der Waals surface area (Å²) in [4.78, 5) is 22.8. The predicted molar refractivity (Wildman–Crippen MR) is 104 cm³/mol. The van der Waals surface area contributed by atoms with Gasteiger partial charge in [0.15, 0.2) is 0 Å². The summed E-state index contributed by atoms with van der Waals surface area (Å²) in [6.45, 7) is 3.59. The standard InChI is InChI=1S/C21H19FN2O4/c1-2-20(25)27-12-3-13-28-21(26)18-8-4-16(5-9-18)14-23-24-15-17-6-10-19(22)11-7-17/h2,4-11,14-15H,1,3,12-13H2/b23-14+,24-15+. The Morgan fingerprint density at radius 2 is 1.43 bits per heavy atom. The second kappa shape index (κ2) is 11.2. The fraction of sp³-hybridized carbons (Fsp3) is 0.143. The third-order valence-corrected chi connectivity index (χ3v) is 3.43. The summed E-state index contributed by atoms with van der Waals surface area (Å²) in [6.07, 6.45) is 4.52. The molecule has 0 aliphatic carbocycles. The minimum Gasteiger partial charge on any atom is -0.462 e. The highest BCUT2D eigenvalue weighted by molar-refractivity contribution is 5.91. The second-order valence-electron chi connectivity index (χ2n) is 5.52. The second-order valence-corrected chi connectivity index (χ2v) is 5.52. The van der Waals surface area contributed by atoms with E-state index in [-0.39, 0.29) is 19.0 Å². The molecule has 0 aliphatic rings. The first-order chi connectivity index (χ1) is 13.6. The molecular weight excluding hydrogens is 363 g/mol. The van der Waals surface area contributed by atoms with Crippen LogP contribution in [-0.2, 0) is 14.3 Å². The third-order valence-electron chi connectivity index (χ3n) is 3.43. The Morgan fingerprint density at radius 1 is 0.893 bits per heavy atom. The zero-order chi connectivity index (χ0) is 20.2. The lowest BCUT2D eigenvalue weighted by atomic mass is 10.1. The molecule has 6 nitrogen and oxygen atoms in total. The highest BCUT2D eigenvalue weighted by Gasteiger charge is 2.06. The number of esters is 2. The van der Waals surface area contributed by atoms with Crippen molar-refractivity contribution in [1.82, 2.24) is 0 Å². The van der Waals surface area contributed by atoms with Crippen LogP contribution in [-0.4, -0.2) is 37.6 Å². The van der Waals surface area contributed by atoms with Gasteiger partial charge in [-0.15, -0.1) is 0 Å². The van der Waals surface area contributed by atoms with Crippen molar-refractivity contribution < 1.29 is 23.5 Å². The van der Waals surface area contributed by atoms with Gasteiger partial charge in [0, 0.05) is 12.5 Å². The molecule has 0 heterocycles. The van der Waals surface area contributed by atoms with Crippen LogP contribution in [0.1, 0.15) is 27.9 Å². The molecule has 0 radical (unpaired) electrons. The molecule has 0 atom stereocenters. The van der Waals surface area contributed by atoms with Crippen LogP contribution >= 0.6 is 0 Å². The van der Waals surface area contributed by atoms with E-state index in [9.17, 15) is 14.0 Å². The van der Waals surface area contributed by atoms with Gasteiger partial charge in [-0.1, -0.05) is 30.8 Å². The van der Waals surface area contributed by atoms with Gasteiger partial charge in [-0.2, -0.15) is 10.2 Å². The lowest BCUT2D eigenvalue weighted by Gasteiger charge is -2.05. The van der Waals surface area contributed by atoms with E-state index >= 15 is 0 Å². The molecule has 28 heavy (non-hydrogen) atoms. The van der Waals surface area contributed by atoms with Crippen molar-refractivity contribution in [2.75, 3.05) is 13.2 Å². The lowest BCUT2D eigenvalue weighted by Crippen LogP contribution is -2.09. The molecule has 2 aromatic rings. The summed E-state index contributed by atoms with van der Waals surface area (Å²) in [7, 11) is 0. The summed E-state index contributed by atoms with van der Waals surface area (Å²) in [6, 6.07) is 12.5. The molecule has 0 saturated heterocycles. The third kappa shape index (κ3) is 7.33. The van der Waals surface area contributed by atoms with Crippen LogP contribution in [0.2, 0.25) is 0 Å². The van der Waals surface area contributed by atoms with E-state index in [4.69, 9.17) is 9.47 Å². The average Bonchev–Trinajstić information content (AvgIpc) is 2.72. The van der Waals surface area contributed by atoms with Crippen molar-refractivity contribution in [2.45, 2.75) is 6.42 Å². The predicted octanol–water partition coefficient (Wildman–Crippen LogP) is 3.55. The average molecular weight is 382 g/mol. The van der Waals surface area contributed by atoms with Gasteiger partial charge in [0.1, 0.15) is 5.82 Å². The largest absolute Gasteiger partial charge is 0.462 e. The smallest absolute Gasteiger partial charge is 0.338 e. The minimum atomic E-state index is -0.509. The number of halogens is 1. The summed E-state index contributed by atoms with van der Waals surface area (Å²) in [5, 5.41) is 7.80. The molecule has 0 N–H and O–H groups in total. The molecule has 2 rings (SSSR count). The Balaban J connectivity index is 1.77. The number of hydrogen-bond acceptors (Lipinski definition) is 6. The molecule has 0 unspecified atom stereocenters. The number of ether oxygens (including phenoxy) is 2. The van der Waals surface area contributed by atoms with Crippen LogP contribution in [0.4, 0.5) is 4.39 Å². The van der Waals surface area contributed by atoms with Crippen LogP contribution in [0, 0.1) is 5.82 Å². The number of hydrogen-bond donors (Lipinski definition) is 0. The molecule has 0 bridgehead atoms. The van der Waals surface area contributed by atoms with Crippen LogP contribution in [0.15, 0.2) is 71.4 Å². The number of carbonyl (C=O) groups is 2. The van der Waals surface area contributed by atoms with Crippen LogP contribution < -0.4 is 0 Å². The maximum Gasteiger partial charge on any atom is 0.338 e. The molecule has 7 heteroatoms. The van der Waals surface area contributed by atoms with E-state index in [0.717, 1.165) is 17.2 Å². The first-order valence-corrected chi connectivity index (χ1v) is 8.47. The maximum absolute atomic E-state index is 12.8. The van der Waals surface area contributed by atoms with Crippen molar-refractivity contribution in [3.8, 4) is 0 Å². The zero-order valence-corrected chi connectivity index (χ0v) is 15.1. The van der Waals surface area contributed by atoms with E-state index in [1.54, 1.807) is 36.4 Å². The first-order valence-electron chi connectivity index (χ1n) is 8.47. The number of nitrogens with zero attached hydrogens (tertiary/aromatic N) is 2. The van der Waals surface area contributed by atoms with E-state index in [2.05, 4.69) is 16.8 Å². The molecular formula is C21H19FN2O4. The molecule has 0 saturated carbocycles. The van der Waals surface area contributed by atoms with Gasteiger partial charge in [-0.25, -0.2) is 14.0 Å². The van der Waals surface area contributed by atoms with Crippen molar-refractivity contribution in [3.05, 3.63) is 83.7 Å². The van der Waals surface area contributed by atoms with Crippen LogP contribution in [0.3, 0.4) is 0 Å².